The maximum atomic E-state index is 12.0. The molecule has 19 heteroatoms. The minimum atomic E-state index is -0.578. The Morgan fingerprint density at radius 1 is 0.683 bits per heavy atom. The quantitative estimate of drug-likeness (QED) is 0.0213. The summed E-state index contributed by atoms with van der Waals surface area (Å²) < 4.78 is 0. The van der Waals surface area contributed by atoms with E-state index in [2.05, 4.69) is 21.3 Å². The maximum Gasteiger partial charge on any atom is 0.290 e. The predicted octanol–water partition coefficient (Wildman–Crippen LogP) is 4.32. The predicted molar refractivity (Wildman–Crippen MR) is 225 cm³/mol. The van der Waals surface area contributed by atoms with Gasteiger partial charge in [0.15, 0.2) is 17.3 Å². The van der Waals surface area contributed by atoms with Crippen molar-refractivity contribution in [2.45, 2.75) is 67.7 Å². The maximum absolute atomic E-state index is 12.0. The summed E-state index contributed by atoms with van der Waals surface area (Å²) in [5.41, 5.74) is 10.3. The average Bonchev–Trinajstić information content (AvgIpc) is 3.14. The SMILES string of the molecule is CC(=O)NCCC(=O)c1cc(C)ccc1N.CC(=O)NCCC(=O)c1cc(C)ccc1NC=O.CC(=O)NCCC(=O)c1cc(C)ccc1[N+](=O)[O-].CCO.O=CO.[CH3-].[Pd]. The topological polar surface area (TPSA) is 294 Å². The second-order valence-corrected chi connectivity index (χ2v) is 12.1. The van der Waals surface area contributed by atoms with Crippen molar-refractivity contribution in [1.29, 1.82) is 0 Å². The molecule has 0 saturated heterocycles. The van der Waals surface area contributed by atoms with Gasteiger partial charge >= 0.3 is 0 Å². The van der Waals surface area contributed by atoms with Gasteiger partial charge in [-0.1, -0.05) is 29.3 Å². The molecule has 0 heterocycles. The van der Waals surface area contributed by atoms with Gasteiger partial charge in [0.05, 0.1) is 16.2 Å². The summed E-state index contributed by atoms with van der Waals surface area (Å²) in [5.74, 6) is -1.05. The number of carboxylic acid groups (broad SMARTS) is 1. The molecule has 3 aromatic carbocycles. The molecule has 0 unspecified atom stereocenters. The van der Waals surface area contributed by atoms with Crippen LogP contribution in [0.25, 0.3) is 0 Å². The fourth-order valence-corrected chi connectivity index (χ4v) is 4.48. The van der Waals surface area contributed by atoms with Crippen LogP contribution in [-0.4, -0.2) is 89.3 Å². The molecule has 334 valence electrons. The van der Waals surface area contributed by atoms with E-state index in [0.717, 1.165) is 16.7 Å². The Morgan fingerprint density at radius 3 is 1.40 bits per heavy atom. The van der Waals surface area contributed by atoms with Crippen LogP contribution in [0.15, 0.2) is 54.6 Å². The van der Waals surface area contributed by atoms with Crippen LogP contribution < -0.4 is 27.0 Å². The molecule has 18 nitrogen and oxygen atoms in total. The number of hydrogen-bond donors (Lipinski definition) is 7. The van der Waals surface area contributed by atoms with Crippen LogP contribution in [0.2, 0.25) is 0 Å². The van der Waals surface area contributed by atoms with E-state index in [0.29, 0.717) is 42.0 Å². The van der Waals surface area contributed by atoms with Gasteiger partial charge in [0, 0.05) is 110 Å². The fourth-order valence-electron chi connectivity index (χ4n) is 4.48. The first-order valence-electron chi connectivity index (χ1n) is 17.7. The number of nitrogens with zero attached hydrogens (tertiary/aromatic N) is 1. The van der Waals surface area contributed by atoms with Crippen molar-refractivity contribution >= 4 is 65.0 Å². The number of nitrogens with two attached hydrogens (primary N) is 1. The van der Waals surface area contributed by atoms with E-state index < -0.39 is 4.92 Å². The molecule has 4 amide bonds. The number of aliphatic hydroxyl groups excluding tert-OH is 1. The van der Waals surface area contributed by atoms with Crippen molar-refractivity contribution in [3.05, 3.63) is 106 Å². The summed E-state index contributed by atoms with van der Waals surface area (Å²) in [7, 11) is 0. The van der Waals surface area contributed by atoms with Crippen molar-refractivity contribution in [3.8, 4) is 0 Å². The molecular formula is C41H57N6O12Pd-. The summed E-state index contributed by atoms with van der Waals surface area (Å²) in [5, 5.41) is 35.4. The first-order valence-corrected chi connectivity index (χ1v) is 17.7. The van der Waals surface area contributed by atoms with Crippen molar-refractivity contribution in [3.63, 3.8) is 0 Å². The van der Waals surface area contributed by atoms with E-state index in [9.17, 15) is 43.7 Å². The minimum absolute atomic E-state index is 0. The standard InChI is InChI=1S/C13H16N2O3.C12H14N2O4.C12H16N2O2.C2H6O.CH2O2.CH3.Pd/c1-9-3-4-12(15-8-16)11(7-9)13(18)5-6-14-10(2)17;1-8-3-4-11(14(17)18)10(7-8)12(16)5-6-13-9(2)15;1-8-3-4-11(13)10(7-8)12(16)5-6-14-9(2)15;1-2-3;2-1-3;;/h3-4,7-8H,5-6H2,1-2H3,(H,14,17)(H,15,16);3-4,7H,5-6H2,1-2H3,(H,13,15);3-4,7H,5-6,13H2,1-2H3,(H,14,15);3H,2H2,1H3;1H,(H,2,3);1H3;/q;;;;;-1;. The minimum Gasteiger partial charge on any atom is -0.483 e. The van der Waals surface area contributed by atoms with Crippen LogP contribution >= 0.6 is 0 Å². The van der Waals surface area contributed by atoms with E-state index in [1.165, 1.54) is 32.9 Å². The van der Waals surface area contributed by atoms with E-state index in [-0.39, 0.29) is 113 Å². The molecule has 0 aliphatic heterocycles. The van der Waals surface area contributed by atoms with E-state index in [1.807, 2.05) is 26.0 Å². The zero-order valence-corrected chi connectivity index (χ0v) is 36.7. The number of aliphatic hydroxyl groups is 1. The number of anilines is 2. The van der Waals surface area contributed by atoms with Crippen molar-refractivity contribution < 1.29 is 73.9 Å². The van der Waals surface area contributed by atoms with Gasteiger partial charge in [0.25, 0.3) is 12.2 Å². The number of aryl methyl sites for hydroxylation is 3. The molecule has 0 aliphatic rings. The molecule has 8 N–H and O–H groups in total. The number of nitro benzene ring substituents is 1. The average molecular weight is 932 g/mol. The number of carbonyl (C=O) groups excluding carboxylic acids is 7. The molecule has 0 fully saturated rings. The number of nitro groups is 1. The third-order valence-corrected chi connectivity index (χ3v) is 7.03. The Hall–Kier alpha value is -6.16. The summed E-state index contributed by atoms with van der Waals surface area (Å²) in [6.45, 7) is 12.2. The van der Waals surface area contributed by atoms with Crippen molar-refractivity contribution in [1.82, 2.24) is 16.0 Å². The Balaban J connectivity index is -0.000000361. The summed E-state index contributed by atoms with van der Waals surface area (Å²) in [4.78, 5) is 96.6. The molecule has 0 radical (unpaired) electrons. The smallest absolute Gasteiger partial charge is 0.290 e. The van der Waals surface area contributed by atoms with E-state index in [1.54, 1.807) is 44.2 Å². The molecule has 0 atom stereocenters. The van der Waals surface area contributed by atoms with Gasteiger partial charge in [-0.15, -0.1) is 0 Å². The second kappa shape index (κ2) is 34.8. The molecule has 3 aromatic rings. The molecule has 3 rings (SSSR count). The molecule has 0 aromatic heterocycles. The fraction of sp³-hybridized carbons (Fsp3) is 0.341. The van der Waals surface area contributed by atoms with Gasteiger partial charge in [0.2, 0.25) is 24.1 Å². The van der Waals surface area contributed by atoms with Crippen LogP contribution in [0.3, 0.4) is 0 Å². The van der Waals surface area contributed by atoms with Gasteiger partial charge in [0.1, 0.15) is 0 Å². The zero-order valence-electron chi connectivity index (χ0n) is 35.1. The van der Waals surface area contributed by atoms with Crippen LogP contribution in [0.5, 0.6) is 0 Å². The number of amides is 4. The van der Waals surface area contributed by atoms with E-state index >= 15 is 0 Å². The first kappa shape index (κ1) is 60.5. The largest absolute Gasteiger partial charge is 0.483 e. The Labute approximate surface area is 364 Å². The normalized spacial score (nSPS) is 9.00. The van der Waals surface area contributed by atoms with Gasteiger partial charge < -0.3 is 44.6 Å². The number of Topliss-reactive ketones (excluding diaryl/α,β-unsaturated/α-hetero) is 3. The Kier molecular flexibility index (Phi) is 35.1. The van der Waals surface area contributed by atoms with Crippen LogP contribution in [0.4, 0.5) is 17.1 Å². The van der Waals surface area contributed by atoms with Gasteiger partial charge in [-0.25, -0.2) is 0 Å². The monoisotopic (exact) mass is 931 g/mol. The number of ketones is 3. The van der Waals surface area contributed by atoms with Gasteiger partial charge in [-0.05, 0) is 63.6 Å². The molecule has 0 spiro atoms. The third kappa shape index (κ3) is 27.5. The second-order valence-electron chi connectivity index (χ2n) is 12.1. The Bertz CT molecular complexity index is 1870. The van der Waals surface area contributed by atoms with Crippen molar-refractivity contribution in [2.75, 3.05) is 37.3 Å². The summed E-state index contributed by atoms with van der Waals surface area (Å²) in [6.07, 6.45) is 1.06. The number of benzene rings is 3. The number of nitrogens with one attached hydrogen (secondary N) is 4. The van der Waals surface area contributed by atoms with Gasteiger partial charge in [-0.3, -0.25) is 48.5 Å². The number of carbonyl (C=O) groups is 8. The van der Waals surface area contributed by atoms with Crippen molar-refractivity contribution in [2.24, 2.45) is 0 Å². The molecule has 0 aliphatic carbocycles. The van der Waals surface area contributed by atoms with E-state index in [4.69, 9.17) is 20.7 Å². The number of hydrogen-bond acceptors (Lipinski definition) is 12. The Morgan fingerprint density at radius 2 is 1.02 bits per heavy atom. The van der Waals surface area contributed by atoms with Crippen LogP contribution in [-0.2, 0) is 44.4 Å². The first-order chi connectivity index (χ1) is 27.3. The summed E-state index contributed by atoms with van der Waals surface area (Å²) >= 11 is 0. The summed E-state index contributed by atoms with van der Waals surface area (Å²) in [6, 6.07) is 15.0. The molecule has 0 bridgehead atoms. The molecular weight excluding hydrogens is 875 g/mol. The van der Waals surface area contributed by atoms with Crippen LogP contribution in [0, 0.1) is 38.3 Å². The number of rotatable bonds is 15. The molecule has 0 saturated carbocycles. The molecule has 60 heavy (non-hydrogen) atoms. The van der Waals surface area contributed by atoms with Crippen LogP contribution in [0.1, 0.15) is 94.7 Å². The zero-order chi connectivity index (χ0) is 44.8. The van der Waals surface area contributed by atoms with Gasteiger partial charge in [-0.2, -0.15) is 0 Å². The number of nitrogen functional groups attached to an aromatic ring is 1. The third-order valence-electron chi connectivity index (χ3n) is 7.03.